The third kappa shape index (κ3) is 6.39. The summed E-state index contributed by atoms with van der Waals surface area (Å²) in [5.74, 6) is -0.995. The fraction of sp³-hybridized carbons (Fsp3) is 0.133. The van der Waals surface area contributed by atoms with Crippen molar-refractivity contribution in [2.75, 3.05) is 0 Å². The summed E-state index contributed by atoms with van der Waals surface area (Å²) in [6, 6.07) is 21.4. The fourth-order valence-corrected chi connectivity index (χ4v) is 3.35. The predicted molar refractivity (Wildman–Crippen MR) is 65.6 cm³/mol. The molecule has 18 heavy (non-hydrogen) atoms. The molecule has 0 heterocycles. The average molecular weight is 354 g/mol. The highest BCUT2D eigenvalue weighted by molar-refractivity contribution is 5.63. The van der Waals surface area contributed by atoms with Crippen molar-refractivity contribution >= 4 is 5.97 Å². The lowest BCUT2D eigenvalue weighted by Crippen LogP contribution is -3.61. The Hall–Kier alpha value is -1.36. The van der Waals surface area contributed by atoms with E-state index < -0.39 is 5.97 Å². The fourth-order valence-electron chi connectivity index (χ4n) is 1.08. The molecule has 0 aliphatic carbocycles. The first-order valence-corrected chi connectivity index (χ1v) is 7.83. The van der Waals surface area contributed by atoms with E-state index in [2.05, 4.69) is 60.7 Å². The number of rotatable bonds is 3. The van der Waals surface area contributed by atoms with Gasteiger partial charge in [0, 0.05) is 5.97 Å². The molecule has 0 saturated heterocycles. The average Bonchev–Trinajstić information content (AvgIpc) is 2.42. The van der Waals surface area contributed by atoms with Crippen molar-refractivity contribution < 1.29 is 31.1 Å². The molecule has 2 nitrogen and oxygen atoms in total. The van der Waals surface area contributed by atoms with Gasteiger partial charge < -0.3 is 9.90 Å². The van der Waals surface area contributed by atoms with E-state index in [-0.39, 0.29) is 27.6 Å². The number of hydrogen-bond donors (Lipinski definition) is 0. The van der Waals surface area contributed by atoms with E-state index in [9.17, 15) is 9.90 Å². The summed E-state index contributed by atoms with van der Waals surface area (Å²) in [6.07, 6.45) is 0.111. The number of carboxylic acids is 1. The molecule has 94 valence electrons. The van der Waals surface area contributed by atoms with Gasteiger partial charge in [0.1, 0.15) is 0 Å². The van der Waals surface area contributed by atoms with Crippen LogP contribution in [0, 0.1) is 7.14 Å². The van der Waals surface area contributed by atoms with Crippen LogP contribution in [0.3, 0.4) is 0 Å². The smallest absolute Gasteiger partial charge is 0.357 e. The van der Waals surface area contributed by atoms with Crippen molar-refractivity contribution in [3.63, 3.8) is 0 Å². The van der Waals surface area contributed by atoms with Crippen LogP contribution in [0.2, 0.25) is 0 Å². The van der Waals surface area contributed by atoms with Crippen LogP contribution in [0.5, 0.6) is 0 Å². The second kappa shape index (κ2) is 8.69. The third-order valence-electron chi connectivity index (χ3n) is 1.97. The van der Waals surface area contributed by atoms with E-state index in [1.165, 1.54) is 14.1 Å². The molecule has 0 fully saturated rings. The topological polar surface area (TPSA) is 40.1 Å². The quantitative estimate of drug-likeness (QED) is 0.661. The van der Waals surface area contributed by atoms with Gasteiger partial charge in [0.15, 0.2) is 7.14 Å². The molecule has 0 aliphatic heterocycles. The van der Waals surface area contributed by atoms with E-state index in [4.69, 9.17) is 0 Å². The van der Waals surface area contributed by atoms with Crippen molar-refractivity contribution in [2.24, 2.45) is 0 Å². The number of carbonyl (C=O) groups is 1. The maximum absolute atomic E-state index is 9.26. The molecule has 0 atom stereocenters. The maximum Gasteiger partial charge on any atom is 0.357 e. The van der Waals surface area contributed by atoms with Crippen LogP contribution in [0.25, 0.3) is 0 Å². The molecule has 2 aromatic carbocycles. The molecule has 0 aromatic heterocycles. The molecule has 0 spiro atoms. The number of carbonyl (C=O) groups excluding carboxylic acids is 1. The van der Waals surface area contributed by atoms with E-state index in [1.54, 1.807) is 0 Å². The van der Waals surface area contributed by atoms with Crippen LogP contribution in [0.15, 0.2) is 60.7 Å². The van der Waals surface area contributed by atoms with Gasteiger partial charge in [0.2, 0.25) is 0 Å². The van der Waals surface area contributed by atoms with Crippen LogP contribution < -0.4 is 26.3 Å². The highest BCUT2D eigenvalue weighted by atomic mass is 127. The van der Waals surface area contributed by atoms with Crippen LogP contribution in [0.1, 0.15) is 13.3 Å². The van der Waals surface area contributed by atoms with Gasteiger partial charge in [-0.1, -0.05) is 43.3 Å². The van der Waals surface area contributed by atoms with E-state index >= 15 is 0 Å². The SMILES string of the molecule is CCC(=O)[O-].c1ccc([I+]c2ccccc2)cc1. The Morgan fingerprint density at radius 2 is 1.28 bits per heavy atom. The zero-order valence-electron chi connectivity index (χ0n) is 10.2. The number of benzene rings is 2. The molecule has 0 saturated carbocycles. The summed E-state index contributed by atoms with van der Waals surface area (Å²) in [7, 11) is 0. The Morgan fingerprint density at radius 3 is 1.56 bits per heavy atom. The minimum atomic E-state index is -0.995. The lowest BCUT2D eigenvalue weighted by atomic mass is 10.4. The van der Waals surface area contributed by atoms with Crippen LogP contribution >= 0.6 is 0 Å². The lowest BCUT2D eigenvalue weighted by molar-refractivity contribution is -0.597. The van der Waals surface area contributed by atoms with Gasteiger partial charge in [-0.25, -0.2) is 0 Å². The Kier molecular flexibility index (Phi) is 7.10. The van der Waals surface area contributed by atoms with Crippen molar-refractivity contribution in [2.45, 2.75) is 13.3 Å². The number of hydrogen-bond acceptors (Lipinski definition) is 2. The maximum atomic E-state index is 9.26. The number of aliphatic carboxylic acids is 1. The molecule has 2 aromatic rings. The van der Waals surface area contributed by atoms with Crippen LogP contribution in [-0.2, 0) is 4.79 Å². The summed E-state index contributed by atoms with van der Waals surface area (Å²) in [6.45, 7) is 1.54. The second-order valence-corrected chi connectivity index (χ2v) is 6.44. The first kappa shape index (κ1) is 14.7. The summed E-state index contributed by atoms with van der Waals surface area (Å²) < 4.78 is 2.96. The number of halogens is 1. The van der Waals surface area contributed by atoms with E-state index in [0.717, 1.165) is 0 Å². The van der Waals surface area contributed by atoms with Crippen LogP contribution in [0.4, 0.5) is 0 Å². The molecule has 0 N–H and O–H groups in total. The normalized spacial score (nSPS) is 9.17. The van der Waals surface area contributed by atoms with Gasteiger partial charge >= 0.3 is 21.2 Å². The van der Waals surface area contributed by atoms with Crippen molar-refractivity contribution in [1.82, 2.24) is 0 Å². The number of carboxylic acid groups (broad SMARTS) is 1. The largest absolute Gasteiger partial charge is 0.550 e. The summed E-state index contributed by atoms with van der Waals surface area (Å²) in [5, 5.41) is 9.26. The van der Waals surface area contributed by atoms with E-state index in [1.807, 2.05) is 0 Å². The van der Waals surface area contributed by atoms with Crippen molar-refractivity contribution in [1.29, 1.82) is 0 Å². The Morgan fingerprint density at radius 1 is 0.944 bits per heavy atom. The highest BCUT2D eigenvalue weighted by Gasteiger charge is 2.12. The Balaban J connectivity index is 0.000000280. The third-order valence-corrected chi connectivity index (χ3v) is 4.66. The van der Waals surface area contributed by atoms with Gasteiger partial charge in [-0.15, -0.1) is 0 Å². The molecular weight excluding hydrogens is 339 g/mol. The highest BCUT2D eigenvalue weighted by Crippen LogP contribution is 1.85. The minimum absolute atomic E-state index is 0.0287. The molecule has 2 rings (SSSR count). The van der Waals surface area contributed by atoms with Crippen molar-refractivity contribution in [3.8, 4) is 0 Å². The van der Waals surface area contributed by atoms with Gasteiger partial charge in [-0.05, 0) is 30.7 Å². The summed E-state index contributed by atoms with van der Waals surface area (Å²) in [5.41, 5.74) is 0. The van der Waals surface area contributed by atoms with Gasteiger partial charge in [0.05, 0.1) is 0 Å². The molecule has 0 aliphatic rings. The molecular formula is C15H15IO2. The molecule has 0 radical (unpaired) electrons. The van der Waals surface area contributed by atoms with Gasteiger partial charge in [0.25, 0.3) is 0 Å². The lowest BCUT2D eigenvalue weighted by Gasteiger charge is -1.87. The minimum Gasteiger partial charge on any atom is -0.550 e. The summed E-state index contributed by atoms with van der Waals surface area (Å²) >= 11 is 0.0287. The Bertz CT molecular complexity index is 417. The zero-order chi connectivity index (χ0) is 13.2. The van der Waals surface area contributed by atoms with Crippen LogP contribution in [-0.4, -0.2) is 5.97 Å². The van der Waals surface area contributed by atoms with Gasteiger partial charge in [-0.2, -0.15) is 0 Å². The molecule has 0 unspecified atom stereocenters. The second-order valence-electron chi connectivity index (χ2n) is 3.41. The van der Waals surface area contributed by atoms with E-state index in [0.29, 0.717) is 0 Å². The molecule has 0 bridgehead atoms. The van der Waals surface area contributed by atoms with Crippen molar-refractivity contribution in [3.05, 3.63) is 67.8 Å². The first-order chi connectivity index (χ1) is 8.72. The Labute approximate surface area is 118 Å². The monoisotopic (exact) mass is 354 g/mol. The zero-order valence-corrected chi connectivity index (χ0v) is 12.3. The first-order valence-electron chi connectivity index (χ1n) is 5.67. The predicted octanol–water partition coefficient (Wildman–Crippen LogP) is -1.04. The molecule has 3 heteroatoms. The molecule has 0 amide bonds. The summed E-state index contributed by atoms with van der Waals surface area (Å²) in [4.78, 5) is 9.26. The standard InChI is InChI=1S/C12H10I.C3H6O2/c1-3-7-11(8-4-1)13-12-9-5-2-6-10-12;1-2-3(4)5/h1-10H;2H2,1H3,(H,4,5)/q+1;/p-1. The van der Waals surface area contributed by atoms with Gasteiger partial charge in [-0.3, -0.25) is 0 Å².